The third-order valence-electron chi connectivity index (χ3n) is 6.87. The first kappa shape index (κ1) is 23.0. The smallest absolute Gasteiger partial charge is 0.194 e. The van der Waals surface area contributed by atoms with Crippen molar-refractivity contribution >= 4 is 16.3 Å². The van der Waals surface area contributed by atoms with E-state index in [-0.39, 0.29) is 12.1 Å². The fourth-order valence-electron chi connectivity index (χ4n) is 4.74. The van der Waals surface area contributed by atoms with E-state index in [0.717, 1.165) is 30.7 Å². The van der Waals surface area contributed by atoms with E-state index in [4.69, 9.17) is 0 Å². The lowest BCUT2D eigenvalue weighted by atomic mass is 9.85. The molecule has 1 N–H and O–H groups in total. The van der Waals surface area contributed by atoms with E-state index in [0.29, 0.717) is 13.1 Å². The number of rotatable bonds is 7. The molecule has 1 aliphatic rings. The van der Waals surface area contributed by atoms with Gasteiger partial charge in [0, 0.05) is 73.4 Å². The van der Waals surface area contributed by atoms with Crippen LogP contribution in [0, 0.1) is 18.6 Å². The molecule has 0 amide bonds. The number of hydrogen-bond donors (Lipinski definition) is 1. The first-order valence-electron chi connectivity index (χ1n) is 11.2. The summed E-state index contributed by atoms with van der Waals surface area (Å²) in [6.07, 6.45) is 6.65. The molecule has 34 heavy (non-hydrogen) atoms. The summed E-state index contributed by atoms with van der Waals surface area (Å²) in [5, 5.41) is 15.9. The molecule has 3 aromatic heterocycles. The van der Waals surface area contributed by atoms with Gasteiger partial charge in [0.15, 0.2) is 4.96 Å². The van der Waals surface area contributed by atoms with Crippen LogP contribution in [0.15, 0.2) is 43.2 Å². The topological polar surface area (TPSA) is 74.7 Å². The summed E-state index contributed by atoms with van der Waals surface area (Å²) in [4.78, 5) is 15.2. The number of imidazole rings is 1. The van der Waals surface area contributed by atoms with Crippen LogP contribution in [0.25, 0.3) is 4.96 Å². The molecule has 0 unspecified atom stereocenters. The van der Waals surface area contributed by atoms with Crippen molar-refractivity contribution < 1.29 is 13.9 Å². The maximum absolute atomic E-state index is 14.8. The number of halogens is 2. The quantitative estimate of drug-likeness (QED) is 0.432. The lowest BCUT2D eigenvalue weighted by Gasteiger charge is -2.45. The van der Waals surface area contributed by atoms with Gasteiger partial charge in [-0.3, -0.25) is 14.2 Å². The zero-order valence-electron chi connectivity index (χ0n) is 19.1. The van der Waals surface area contributed by atoms with Gasteiger partial charge < -0.3 is 5.11 Å². The average Bonchev–Trinajstić information content (AvgIpc) is 3.55. The van der Waals surface area contributed by atoms with Crippen molar-refractivity contribution in [2.45, 2.75) is 38.6 Å². The molecule has 0 radical (unpaired) electrons. The SMILES string of the molecule is Cc1c(CN2CCN([C@H](C)[C@](O)(Cn3cncn3)c3ccc(F)cc3F)CC2)sc2nccn12. The standard InChI is InChI=1S/C23H27F2N7OS/c1-16-21(34-22-27-5-6-32(16)22)12-29-7-9-30(10-8-29)17(2)23(33,13-31-15-26-14-28-31)19-4-3-18(24)11-20(19)25/h3-6,11,14-15,17,33H,7-10,12-13H2,1-2H3/t17-,23-/m1/s1. The third kappa shape index (κ3) is 4.24. The predicted molar refractivity (Wildman–Crippen MR) is 124 cm³/mol. The molecular weight excluding hydrogens is 460 g/mol. The minimum absolute atomic E-state index is 0.00508. The Morgan fingerprint density at radius 2 is 2.00 bits per heavy atom. The van der Waals surface area contributed by atoms with Gasteiger partial charge in [-0.05, 0) is 19.9 Å². The highest BCUT2D eigenvalue weighted by atomic mass is 32.1. The second-order valence-electron chi connectivity index (χ2n) is 8.82. The summed E-state index contributed by atoms with van der Waals surface area (Å²) in [6, 6.07) is 2.87. The van der Waals surface area contributed by atoms with Crippen molar-refractivity contribution in [2.75, 3.05) is 26.2 Å². The molecule has 1 saturated heterocycles. The summed E-state index contributed by atoms with van der Waals surface area (Å²) < 4.78 is 32.0. The lowest BCUT2D eigenvalue weighted by molar-refractivity contribution is -0.0742. The Bertz CT molecular complexity index is 1270. The highest BCUT2D eigenvalue weighted by molar-refractivity contribution is 7.17. The molecule has 1 aliphatic heterocycles. The largest absolute Gasteiger partial charge is 0.381 e. The first-order valence-corrected chi connectivity index (χ1v) is 12.0. The highest BCUT2D eigenvalue weighted by Crippen LogP contribution is 2.33. The molecule has 0 aliphatic carbocycles. The summed E-state index contributed by atoms with van der Waals surface area (Å²) in [7, 11) is 0. The van der Waals surface area contributed by atoms with E-state index < -0.39 is 23.3 Å². The van der Waals surface area contributed by atoms with Crippen LogP contribution in [-0.4, -0.2) is 71.3 Å². The number of thiazole rings is 1. The maximum atomic E-state index is 14.8. The molecule has 180 valence electrons. The van der Waals surface area contributed by atoms with E-state index in [1.165, 1.54) is 40.0 Å². The van der Waals surface area contributed by atoms with Crippen LogP contribution in [0.4, 0.5) is 8.78 Å². The monoisotopic (exact) mass is 487 g/mol. The van der Waals surface area contributed by atoms with Crippen LogP contribution < -0.4 is 0 Å². The molecule has 1 aromatic carbocycles. The molecule has 4 aromatic rings. The second kappa shape index (κ2) is 9.14. The molecule has 4 heterocycles. The van der Waals surface area contributed by atoms with Crippen molar-refractivity contribution in [1.82, 2.24) is 33.9 Å². The molecule has 1 fully saturated rings. The van der Waals surface area contributed by atoms with E-state index in [9.17, 15) is 13.9 Å². The van der Waals surface area contributed by atoms with Crippen molar-refractivity contribution in [3.63, 3.8) is 0 Å². The van der Waals surface area contributed by atoms with Crippen LogP contribution >= 0.6 is 11.3 Å². The van der Waals surface area contributed by atoms with Crippen LogP contribution in [0.5, 0.6) is 0 Å². The van der Waals surface area contributed by atoms with Gasteiger partial charge in [0.25, 0.3) is 0 Å². The summed E-state index contributed by atoms with van der Waals surface area (Å²) in [5.74, 6) is -1.45. The van der Waals surface area contributed by atoms with Gasteiger partial charge in [-0.1, -0.05) is 17.4 Å². The molecule has 5 rings (SSSR count). The van der Waals surface area contributed by atoms with E-state index >= 15 is 0 Å². The fraction of sp³-hybridized carbons (Fsp3) is 0.435. The molecule has 0 spiro atoms. The van der Waals surface area contributed by atoms with E-state index in [1.807, 2.05) is 19.3 Å². The minimum atomic E-state index is -1.62. The van der Waals surface area contributed by atoms with Gasteiger partial charge in [-0.2, -0.15) is 5.10 Å². The van der Waals surface area contributed by atoms with E-state index in [2.05, 4.69) is 36.2 Å². The van der Waals surface area contributed by atoms with Crippen molar-refractivity contribution in [2.24, 2.45) is 0 Å². The Kier molecular flexibility index (Phi) is 6.19. The number of fused-ring (bicyclic) bond motifs is 1. The number of piperazine rings is 1. The maximum Gasteiger partial charge on any atom is 0.194 e. The van der Waals surface area contributed by atoms with Crippen molar-refractivity contribution in [3.8, 4) is 0 Å². The molecular formula is C23H27F2N7OS. The molecule has 0 bridgehead atoms. The Balaban J connectivity index is 1.32. The second-order valence-corrected chi connectivity index (χ2v) is 9.88. The fourth-order valence-corrected chi connectivity index (χ4v) is 5.87. The van der Waals surface area contributed by atoms with Crippen molar-refractivity contribution in [3.05, 3.63) is 71.0 Å². The Morgan fingerprint density at radius 3 is 2.68 bits per heavy atom. The number of aliphatic hydroxyl groups is 1. The Labute approximate surface area is 200 Å². The van der Waals surface area contributed by atoms with Gasteiger partial charge in [-0.15, -0.1) is 0 Å². The summed E-state index contributed by atoms with van der Waals surface area (Å²) in [6.45, 7) is 7.90. The van der Waals surface area contributed by atoms with Gasteiger partial charge in [0.2, 0.25) is 0 Å². The summed E-state index contributed by atoms with van der Waals surface area (Å²) in [5.41, 5.74) is -0.359. The molecule has 8 nitrogen and oxygen atoms in total. The van der Waals surface area contributed by atoms with Gasteiger partial charge in [0.05, 0.1) is 6.54 Å². The molecule has 0 saturated carbocycles. The van der Waals surface area contributed by atoms with E-state index in [1.54, 1.807) is 11.3 Å². The normalized spacial score (nSPS) is 18.4. The zero-order chi connectivity index (χ0) is 23.9. The number of aromatic nitrogens is 5. The van der Waals surface area contributed by atoms with Crippen molar-refractivity contribution in [1.29, 1.82) is 0 Å². The minimum Gasteiger partial charge on any atom is -0.381 e. The third-order valence-corrected chi connectivity index (χ3v) is 8.02. The predicted octanol–water partition coefficient (Wildman–Crippen LogP) is 2.67. The zero-order valence-corrected chi connectivity index (χ0v) is 19.9. The Hall–Kier alpha value is -2.73. The first-order chi connectivity index (χ1) is 16.3. The number of aryl methyl sites for hydroxylation is 1. The van der Waals surface area contributed by atoms with Crippen LogP contribution in [-0.2, 0) is 18.7 Å². The Morgan fingerprint density at radius 1 is 1.21 bits per heavy atom. The lowest BCUT2D eigenvalue weighted by Crippen LogP contribution is -2.57. The van der Waals surface area contributed by atoms with Gasteiger partial charge in [-0.25, -0.2) is 23.4 Å². The van der Waals surface area contributed by atoms with Crippen LogP contribution in [0.1, 0.15) is 23.1 Å². The highest BCUT2D eigenvalue weighted by Gasteiger charge is 2.42. The van der Waals surface area contributed by atoms with Gasteiger partial charge >= 0.3 is 0 Å². The number of nitrogens with zero attached hydrogens (tertiary/aromatic N) is 7. The van der Waals surface area contributed by atoms with Crippen LogP contribution in [0.3, 0.4) is 0 Å². The number of hydrogen-bond acceptors (Lipinski definition) is 7. The van der Waals surface area contributed by atoms with Gasteiger partial charge in [0.1, 0.15) is 29.9 Å². The number of benzene rings is 1. The molecule has 2 atom stereocenters. The average molecular weight is 488 g/mol. The summed E-state index contributed by atoms with van der Waals surface area (Å²) >= 11 is 1.71. The van der Waals surface area contributed by atoms with Crippen LogP contribution in [0.2, 0.25) is 0 Å². The molecule has 11 heteroatoms.